The van der Waals surface area contributed by atoms with Crippen molar-refractivity contribution in [2.24, 2.45) is 5.41 Å². The van der Waals surface area contributed by atoms with Gasteiger partial charge in [-0.1, -0.05) is 24.3 Å². The summed E-state index contributed by atoms with van der Waals surface area (Å²) < 4.78 is 31.7. The lowest BCUT2D eigenvalue weighted by Crippen LogP contribution is -2.49. The number of nitrogens with zero attached hydrogens (tertiary/aromatic N) is 4. The molecule has 1 N–H and O–H groups in total. The minimum absolute atomic E-state index is 0.265. The Morgan fingerprint density at radius 3 is 2.27 bits per heavy atom. The van der Waals surface area contributed by atoms with Crippen LogP contribution in [0.1, 0.15) is 29.5 Å². The molecular formula is C23H23F3N4O3. The Morgan fingerprint density at radius 2 is 1.76 bits per heavy atom. The van der Waals surface area contributed by atoms with Gasteiger partial charge in [-0.05, 0) is 42.5 Å². The minimum Gasteiger partial charge on any atom is -0.475 e. The van der Waals surface area contributed by atoms with Gasteiger partial charge < -0.3 is 14.9 Å². The number of nitriles is 1. The molecule has 0 atom stereocenters. The average Bonchev–Trinajstić information content (AvgIpc) is 2.89. The highest BCUT2D eigenvalue weighted by molar-refractivity contribution is 5.84. The van der Waals surface area contributed by atoms with Gasteiger partial charge in [-0.2, -0.15) is 18.4 Å². The van der Waals surface area contributed by atoms with E-state index in [1.54, 1.807) is 12.3 Å². The molecule has 4 rings (SSSR count). The molecule has 2 aliphatic rings. The van der Waals surface area contributed by atoms with Crippen LogP contribution >= 0.6 is 0 Å². The number of hydrogen-bond donors (Lipinski definition) is 1. The van der Waals surface area contributed by atoms with E-state index in [0.717, 1.165) is 38.2 Å². The van der Waals surface area contributed by atoms with Crippen LogP contribution < -0.4 is 4.90 Å². The maximum atomic E-state index is 13.2. The van der Waals surface area contributed by atoms with E-state index < -0.39 is 12.1 Å². The van der Waals surface area contributed by atoms with Gasteiger partial charge in [-0.15, -0.1) is 0 Å². The van der Waals surface area contributed by atoms with Crippen LogP contribution in [0.15, 0.2) is 42.6 Å². The van der Waals surface area contributed by atoms with E-state index in [4.69, 9.17) is 15.2 Å². The number of rotatable bonds is 1. The molecule has 1 amide bonds. The Balaban J connectivity index is 0.000000383. The third kappa shape index (κ3) is 5.42. The molecule has 10 heteroatoms. The van der Waals surface area contributed by atoms with Crippen LogP contribution in [0, 0.1) is 16.7 Å². The van der Waals surface area contributed by atoms with Crippen LogP contribution in [0.4, 0.5) is 19.0 Å². The maximum absolute atomic E-state index is 13.2. The molecule has 2 aromatic rings. The number of carbonyl (C=O) groups is 2. The Bertz CT molecular complexity index is 1060. The molecule has 1 aromatic carbocycles. The highest BCUT2D eigenvalue weighted by Crippen LogP contribution is 2.40. The van der Waals surface area contributed by atoms with Gasteiger partial charge in [0.05, 0.1) is 11.0 Å². The fourth-order valence-corrected chi connectivity index (χ4v) is 4.25. The minimum atomic E-state index is -5.08. The maximum Gasteiger partial charge on any atom is 0.490 e. The number of carbonyl (C=O) groups excluding carboxylic acids is 1. The lowest BCUT2D eigenvalue weighted by Gasteiger charge is -2.41. The molecule has 0 bridgehead atoms. The zero-order valence-corrected chi connectivity index (χ0v) is 18.0. The van der Waals surface area contributed by atoms with Crippen molar-refractivity contribution in [3.05, 3.63) is 59.3 Å². The normalized spacial score (nSPS) is 17.4. The number of amides is 1. The third-order valence-corrected chi connectivity index (χ3v) is 6.02. The van der Waals surface area contributed by atoms with Gasteiger partial charge in [0.15, 0.2) is 0 Å². The molecule has 33 heavy (non-hydrogen) atoms. The van der Waals surface area contributed by atoms with E-state index >= 15 is 0 Å². The van der Waals surface area contributed by atoms with Crippen molar-refractivity contribution < 1.29 is 27.9 Å². The highest BCUT2D eigenvalue weighted by Gasteiger charge is 2.45. The van der Waals surface area contributed by atoms with Crippen LogP contribution in [0.5, 0.6) is 0 Å². The summed E-state index contributed by atoms with van der Waals surface area (Å²) >= 11 is 0. The van der Waals surface area contributed by atoms with Crippen molar-refractivity contribution in [3.8, 4) is 6.07 Å². The number of benzene rings is 1. The largest absolute Gasteiger partial charge is 0.490 e. The van der Waals surface area contributed by atoms with Crippen LogP contribution in [0.2, 0.25) is 0 Å². The molecular weight excluding hydrogens is 437 g/mol. The van der Waals surface area contributed by atoms with Gasteiger partial charge in [0.25, 0.3) is 0 Å². The molecule has 3 heterocycles. The molecule has 1 aromatic heterocycles. The van der Waals surface area contributed by atoms with Crippen molar-refractivity contribution in [1.29, 1.82) is 5.26 Å². The SMILES string of the molecule is CN1Cc2ccccc2CC2(CCN(c3ccc(C#N)cn3)CC2)C1=O.O=C(O)C(F)(F)F. The van der Waals surface area contributed by atoms with E-state index in [0.29, 0.717) is 12.1 Å². The first-order valence-corrected chi connectivity index (χ1v) is 10.3. The van der Waals surface area contributed by atoms with Crippen LogP contribution in [-0.2, 0) is 22.6 Å². The zero-order valence-electron chi connectivity index (χ0n) is 18.0. The molecule has 0 radical (unpaired) electrons. The van der Waals surface area contributed by atoms with E-state index in [9.17, 15) is 18.0 Å². The Labute approximate surface area is 189 Å². The van der Waals surface area contributed by atoms with Crippen molar-refractivity contribution in [3.63, 3.8) is 0 Å². The summed E-state index contributed by atoms with van der Waals surface area (Å²) in [7, 11) is 1.92. The van der Waals surface area contributed by atoms with E-state index in [1.165, 1.54) is 11.1 Å². The second-order valence-electron chi connectivity index (χ2n) is 8.19. The monoisotopic (exact) mass is 460 g/mol. The Kier molecular flexibility index (Phi) is 6.91. The van der Waals surface area contributed by atoms with Crippen LogP contribution in [0.25, 0.3) is 0 Å². The molecule has 0 saturated carbocycles. The molecule has 174 valence electrons. The van der Waals surface area contributed by atoms with Crippen LogP contribution in [0.3, 0.4) is 0 Å². The first kappa shape index (κ1) is 24.0. The molecule has 2 aliphatic heterocycles. The van der Waals surface area contributed by atoms with Crippen molar-refractivity contribution in [2.45, 2.75) is 32.0 Å². The van der Waals surface area contributed by atoms with Crippen LogP contribution in [-0.4, -0.2) is 53.2 Å². The van der Waals surface area contributed by atoms with E-state index in [-0.39, 0.29) is 11.3 Å². The summed E-state index contributed by atoms with van der Waals surface area (Å²) in [4.78, 5) is 30.6. The molecule has 1 saturated heterocycles. The summed E-state index contributed by atoms with van der Waals surface area (Å²) in [6.07, 6.45) is -1.00. The van der Waals surface area contributed by atoms with Crippen molar-refractivity contribution in [1.82, 2.24) is 9.88 Å². The first-order chi connectivity index (χ1) is 15.6. The summed E-state index contributed by atoms with van der Waals surface area (Å²) in [6.45, 7) is 2.30. The van der Waals surface area contributed by atoms with Gasteiger partial charge in [0.2, 0.25) is 5.91 Å². The smallest absolute Gasteiger partial charge is 0.475 e. The van der Waals surface area contributed by atoms with Gasteiger partial charge >= 0.3 is 12.1 Å². The van der Waals surface area contributed by atoms with Crippen molar-refractivity contribution >= 4 is 17.7 Å². The number of carboxylic acids is 1. The zero-order chi connectivity index (χ0) is 24.2. The topological polar surface area (TPSA) is 97.5 Å². The molecule has 0 unspecified atom stereocenters. The number of carboxylic acid groups (broad SMARTS) is 1. The Morgan fingerprint density at radius 1 is 1.15 bits per heavy atom. The number of halogens is 3. The highest BCUT2D eigenvalue weighted by atomic mass is 19.4. The molecule has 1 spiro atoms. The molecule has 7 nitrogen and oxygen atoms in total. The fourth-order valence-electron chi connectivity index (χ4n) is 4.25. The quantitative estimate of drug-likeness (QED) is 0.701. The number of alkyl halides is 3. The number of hydrogen-bond acceptors (Lipinski definition) is 5. The number of pyridine rings is 1. The predicted molar refractivity (Wildman–Crippen MR) is 113 cm³/mol. The number of aliphatic carboxylic acids is 1. The average molecular weight is 460 g/mol. The predicted octanol–water partition coefficient (Wildman–Crippen LogP) is 3.39. The second-order valence-corrected chi connectivity index (χ2v) is 8.19. The number of anilines is 1. The third-order valence-electron chi connectivity index (χ3n) is 6.02. The van der Waals surface area contributed by atoms with Crippen molar-refractivity contribution in [2.75, 3.05) is 25.0 Å². The van der Waals surface area contributed by atoms with Gasteiger partial charge in [0.1, 0.15) is 11.9 Å². The van der Waals surface area contributed by atoms with E-state index in [1.807, 2.05) is 24.1 Å². The summed E-state index contributed by atoms with van der Waals surface area (Å²) in [5.41, 5.74) is 2.82. The standard InChI is InChI=1S/C21H22N4O.C2HF3O2/c1-24-15-18-5-3-2-4-17(18)12-21(20(24)26)8-10-25(11-9-21)19-7-6-16(13-22)14-23-19;3-2(4,5)1(6)7/h2-7,14H,8-12,15H2,1H3;(H,6,7). The van der Waals surface area contributed by atoms with Gasteiger partial charge in [0, 0.05) is 32.9 Å². The second kappa shape index (κ2) is 9.48. The fraction of sp³-hybridized carbons (Fsp3) is 0.391. The summed E-state index contributed by atoms with van der Waals surface area (Å²) in [6, 6.07) is 14.2. The van der Waals surface area contributed by atoms with Gasteiger partial charge in [-0.3, -0.25) is 4.79 Å². The number of piperidine rings is 1. The Hall–Kier alpha value is -3.61. The molecule has 1 fully saturated rings. The lowest BCUT2D eigenvalue weighted by atomic mass is 9.73. The lowest BCUT2D eigenvalue weighted by molar-refractivity contribution is -0.192. The number of aromatic nitrogens is 1. The summed E-state index contributed by atoms with van der Waals surface area (Å²) in [5, 5.41) is 16.0. The summed E-state index contributed by atoms with van der Waals surface area (Å²) in [5.74, 6) is -1.61. The van der Waals surface area contributed by atoms with E-state index in [2.05, 4.69) is 34.2 Å². The number of fused-ring (bicyclic) bond motifs is 1. The molecule has 0 aliphatic carbocycles. The van der Waals surface area contributed by atoms with Gasteiger partial charge in [-0.25, -0.2) is 9.78 Å². The first-order valence-electron chi connectivity index (χ1n) is 10.3.